The largest absolute Gasteiger partial charge is 0.396 e. The van der Waals surface area contributed by atoms with Gasteiger partial charge >= 0.3 is 0 Å². The minimum atomic E-state index is -0.927. The average molecular weight is 264 g/mol. The molecule has 5 N–H and O–H groups in total. The normalized spacial score (nSPS) is 31.1. The fourth-order valence-electron chi connectivity index (χ4n) is 2.80. The van der Waals surface area contributed by atoms with Crippen molar-refractivity contribution in [3.8, 4) is 0 Å². The van der Waals surface area contributed by atoms with Gasteiger partial charge in [0.15, 0.2) is 5.82 Å². The van der Waals surface area contributed by atoms with Crippen LogP contribution in [0.1, 0.15) is 12.5 Å². The molecular weight excluding hydrogens is 248 g/mol. The Morgan fingerprint density at radius 2 is 2.11 bits per heavy atom. The fourth-order valence-corrected chi connectivity index (χ4v) is 2.80. The fraction of sp³-hybridized carbons (Fsp3) is 0.500. The molecule has 0 amide bonds. The van der Waals surface area contributed by atoms with E-state index in [9.17, 15) is 15.3 Å². The second-order valence-corrected chi connectivity index (χ2v) is 4.94. The van der Waals surface area contributed by atoms with Crippen LogP contribution in [-0.2, 0) is 0 Å². The highest BCUT2D eigenvalue weighted by atomic mass is 16.3. The van der Waals surface area contributed by atoms with E-state index in [1.165, 1.54) is 0 Å². The van der Waals surface area contributed by atoms with Crippen molar-refractivity contribution >= 4 is 16.9 Å². The zero-order valence-electron chi connectivity index (χ0n) is 10.2. The number of rotatable bonds is 2. The van der Waals surface area contributed by atoms with E-state index >= 15 is 0 Å². The van der Waals surface area contributed by atoms with Gasteiger partial charge in [-0.1, -0.05) is 0 Å². The van der Waals surface area contributed by atoms with E-state index in [0.717, 1.165) is 5.52 Å². The number of nitrogens with two attached hydrogens (primary N) is 1. The molecule has 0 saturated heterocycles. The summed E-state index contributed by atoms with van der Waals surface area (Å²) in [5.74, 6) is 0.0135. The quantitative estimate of drug-likeness (QED) is 0.569. The van der Waals surface area contributed by atoms with Crippen molar-refractivity contribution < 1.29 is 15.3 Å². The SMILES string of the molecule is Nc1nccc2c1ncn2[C@@H]1C[C@H](CO)[C@H](O)C1O. The first kappa shape index (κ1) is 12.3. The topological polar surface area (TPSA) is 117 Å². The van der Waals surface area contributed by atoms with Crippen LogP contribution in [0.5, 0.6) is 0 Å². The van der Waals surface area contributed by atoms with Crippen molar-refractivity contribution in [3.63, 3.8) is 0 Å². The zero-order valence-corrected chi connectivity index (χ0v) is 10.2. The number of imidazole rings is 1. The Labute approximate surface area is 109 Å². The summed E-state index contributed by atoms with van der Waals surface area (Å²) in [7, 11) is 0. The first-order valence-corrected chi connectivity index (χ1v) is 6.17. The lowest BCUT2D eigenvalue weighted by Crippen LogP contribution is -2.30. The van der Waals surface area contributed by atoms with Gasteiger partial charge in [-0.2, -0.15) is 0 Å². The second kappa shape index (κ2) is 4.44. The molecule has 1 unspecified atom stereocenters. The summed E-state index contributed by atoms with van der Waals surface area (Å²) in [6.45, 7) is -0.148. The molecule has 1 aliphatic carbocycles. The van der Waals surface area contributed by atoms with E-state index in [-0.39, 0.29) is 18.6 Å². The molecule has 2 heterocycles. The molecule has 102 valence electrons. The number of anilines is 1. The Morgan fingerprint density at radius 1 is 1.32 bits per heavy atom. The molecule has 1 saturated carbocycles. The number of hydrogen-bond acceptors (Lipinski definition) is 6. The monoisotopic (exact) mass is 264 g/mol. The van der Waals surface area contributed by atoms with Crippen molar-refractivity contribution in [3.05, 3.63) is 18.6 Å². The molecular formula is C12H16N4O3. The number of aliphatic hydroxyl groups excluding tert-OH is 3. The Morgan fingerprint density at radius 3 is 2.79 bits per heavy atom. The summed E-state index contributed by atoms with van der Waals surface area (Å²) in [6.07, 6.45) is 1.81. The molecule has 7 nitrogen and oxygen atoms in total. The highest BCUT2D eigenvalue weighted by Crippen LogP contribution is 2.37. The average Bonchev–Trinajstić information content (AvgIpc) is 2.94. The summed E-state index contributed by atoms with van der Waals surface area (Å²) >= 11 is 0. The van der Waals surface area contributed by atoms with Crippen LogP contribution in [0.3, 0.4) is 0 Å². The Balaban J connectivity index is 2.04. The van der Waals surface area contributed by atoms with E-state index < -0.39 is 12.2 Å². The molecule has 3 rings (SSSR count). The van der Waals surface area contributed by atoms with E-state index in [0.29, 0.717) is 17.8 Å². The number of fused-ring (bicyclic) bond motifs is 1. The third-order valence-corrected chi connectivity index (χ3v) is 3.88. The Hall–Kier alpha value is -1.70. The van der Waals surface area contributed by atoms with Gasteiger partial charge in [-0.3, -0.25) is 0 Å². The van der Waals surface area contributed by atoms with Crippen LogP contribution in [0.25, 0.3) is 11.0 Å². The first-order valence-electron chi connectivity index (χ1n) is 6.17. The number of pyridine rings is 1. The minimum Gasteiger partial charge on any atom is -0.396 e. The standard InChI is InChI=1S/C12H16N4O3/c13-12-9-7(1-2-14-12)16(5-15-9)8-3-6(4-17)10(18)11(8)19/h1-2,5-6,8,10-11,17-19H,3-4H2,(H2,13,14)/t6-,8-,10+,11?/m1/s1. The zero-order chi connectivity index (χ0) is 13.6. The molecule has 1 aliphatic rings. The predicted molar refractivity (Wildman–Crippen MR) is 68.2 cm³/mol. The maximum atomic E-state index is 10.1. The van der Waals surface area contributed by atoms with Gasteiger partial charge in [-0.05, 0) is 12.5 Å². The van der Waals surface area contributed by atoms with Crippen LogP contribution in [0.15, 0.2) is 18.6 Å². The van der Waals surface area contributed by atoms with E-state index in [4.69, 9.17) is 5.73 Å². The van der Waals surface area contributed by atoms with Crippen LogP contribution < -0.4 is 5.73 Å². The molecule has 1 fully saturated rings. The lowest BCUT2D eigenvalue weighted by atomic mass is 10.1. The third kappa shape index (κ3) is 1.78. The van der Waals surface area contributed by atoms with Crippen molar-refractivity contribution in [1.29, 1.82) is 0 Å². The van der Waals surface area contributed by atoms with E-state index in [2.05, 4.69) is 9.97 Å². The van der Waals surface area contributed by atoms with Crippen LogP contribution in [0.4, 0.5) is 5.82 Å². The molecule has 2 aromatic rings. The molecule has 0 radical (unpaired) electrons. The van der Waals surface area contributed by atoms with Crippen molar-refractivity contribution in [1.82, 2.24) is 14.5 Å². The van der Waals surface area contributed by atoms with Crippen LogP contribution >= 0.6 is 0 Å². The van der Waals surface area contributed by atoms with Gasteiger partial charge in [0.2, 0.25) is 0 Å². The highest BCUT2D eigenvalue weighted by molar-refractivity contribution is 5.84. The molecule has 19 heavy (non-hydrogen) atoms. The number of nitrogen functional groups attached to an aromatic ring is 1. The summed E-state index contributed by atoms with van der Waals surface area (Å²) in [5.41, 5.74) is 7.09. The third-order valence-electron chi connectivity index (χ3n) is 3.88. The number of aliphatic hydroxyl groups is 3. The predicted octanol–water partition coefficient (Wildman–Crippen LogP) is -0.711. The van der Waals surface area contributed by atoms with Crippen molar-refractivity contribution in [2.24, 2.45) is 5.92 Å². The lowest BCUT2D eigenvalue weighted by molar-refractivity contribution is -0.00365. The summed E-state index contributed by atoms with van der Waals surface area (Å²) in [4.78, 5) is 8.16. The lowest BCUT2D eigenvalue weighted by Gasteiger charge is -2.18. The summed E-state index contributed by atoms with van der Waals surface area (Å²) in [6, 6.07) is 1.45. The maximum Gasteiger partial charge on any atom is 0.151 e. The summed E-state index contributed by atoms with van der Waals surface area (Å²) in [5, 5.41) is 29.2. The van der Waals surface area contributed by atoms with Gasteiger partial charge in [-0.15, -0.1) is 0 Å². The van der Waals surface area contributed by atoms with Crippen molar-refractivity contribution in [2.75, 3.05) is 12.3 Å². The van der Waals surface area contributed by atoms with Gasteiger partial charge in [0.1, 0.15) is 11.6 Å². The molecule has 4 atom stereocenters. The maximum absolute atomic E-state index is 10.1. The number of aromatic nitrogens is 3. The molecule has 0 bridgehead atoms. The first-order chi connectivity index (χ1) is 9.13. The number of nitrogens with zero attached hydrogens (tertiary/aromatic N) is 3. The van der Waals surface area contributed by atoms with Gasteiger partial charge in [0.05, 0.1) is 24.0 Å². The Kier molecular flexibility index (Phi) is 2.89. The Bertz CT molecular complexity index is 600. The molecule has 0 aliphatic heterocycles. The molecule has 7 heteroatoms. The summed E-state index contributed by atoms with van der Waals surface area (Å²) < 4.78 is 1.79. The van der Waals surface area contributed by atoms with Gasteiger partial charge < -0.3 is 25.6 Å². The molecule has 0 spiro atoms. The van der Waals surface area contributed by atoms with E-state index in [1.54, 1.807) is 23.2 Å². The minimum absolute atomic E-state index is 0.148. The van der Waals surface area contributed by atoms with Gasteiger partial charge in [0, 0.05) is 18.7 Å². The van der Waals surface area contributed by atoms with Gasteiger partial charge in [-0.25, -0.2) is 9.97 Å². The number of hydrogen-bond donors (Lipinski definition) is 4. The second-order valence-electron chi connectivity index (χ2n) is 4.94. The smallest absolute Gasteiger partial charge is 0.151 e. The highest BCUT2D eigenvalue weighted by Gasteiger charge is 2.42. The van der Waals surface area contributed by atoms with Crippen LogP contribution in [0, 0.1) is 5.92 Å². The van der Waals surface area contributed by atoms with Crippen molar-refractivity contribution in [2.45, 2.75) is 24.7 Å². The van der Waals surface area contributed by atoms with Gasteiger partial charge in [0.25, 0.3) is 0 Å². The van der Waals surface area contributed by atoms with E-state index in [1.807, 2.05) is 0 Å². The van der Waals surface area contributed by atoms with Crippen LogP contribution in [-0.4, -0.2) is 48.7 Å². The molecule has 2 aromatic heterocycles. The molecule has 0 aromatic carbocycles. The van der Waals surface area contributed by atoms with Crippen LogP contribution in [0.2, 0.25) is 0 Å².